The quantitative estimate of drug-likeness (QED) is 0.823. The maximum atomic E-state index is 13.4. The van der Waals surface area contributed by atoms with Gasteiger partial charge in [0.25, 0.3) is 10.0 Å². The molecule has 3 rings (SSSR count). The van der Waals surface area contributed by atoms with Gasteiger partial charge in [0.05, 0.1) is 18.2 Å². The second-order valence-corrected chi connectivity index (χ2v) is 10.9. The Labute approximate surface area is 164 Å². The molecule has 1 aliphatic heterocycles. The first-order valence-corrected chi connectivity index (χ1v) is 11.2. The molecule has 27 heavy (non-hydrogen) atoms. The molecule has 1 aromatic heterocycles. The lowest BCUT2D eigenvalue weighted by Crippen LogP contribution is -2.51. The molecule has 0 aliphatic carbocycles. The van der Waals surface area contributed by atoms with E-state index in [2.05, 4.69) is 6.07 Å². The number of hydrogen-bond donors (Lipinski definition) is 1. The molecule has 1 fully saturated rings. The summed E-state index contributed by atoms with van der Waals surface area (Å²) in [6.45, 7) is 3.20. The van der Waals surface area contributed by atoms with Crippen LogP contribution >= 0.6 is 11.3 Å². The van der Waals surface area contributed by atoms with Crippen molar-refractivity contribution in [3.8, 4) is 6.07 Å². The van der Waals surface area contributed by atoms with E-state index in [1.807, 2.05) is 25.1 Å². The van der Waals surface area contributed by atoms with Gasteiger partial charge in [0.15, 0.2) is 0 Å². The second-order valence-electron chi connectivity index (χ2n) is 7.68. The van der Waals surface area contributed by atoms with E-state index >= 15 is 0 Å². The number of nitriles is 1. The predicted molar refractivity (Wildman–Crippen MR) is 107 cm³/mol. The van der Waals surface area contributed by atoms with Crippen LogP contribution in [-0.4, -0.2) is 63.1 Å². The van der Waals surface area contributed by atoms with Gasteiger partial charge in [-0.1, -0.05) is 0 Å². The summed E-state index contributed by atoms with van der Waals surface area (Å²) >= 11 is 1.25. The summed E-state index contributed by atoms with van der Waals surface area (Å²) in [5, 5.41) is 19.9. The number of nitrogens with zero attached hydrogens (tertiary/aromatic N) is 3. The van der Waals surface area contributed by atoms with E-state index in [1.165, 1.54) is 15.6 Å². The van der Waals surface area contributed by atoms with Gasteiger partial charge < -0.3 is 10.0 Å². The minimum absolute atomic E-state index is 0.0336. The third-order valence-electron chi connectivity index (χ3n) is 5.21. The fourth-order valence-electron chi connectivity index (χ4n) is 3.98. The molecule has 1 atom stereocenters. The van der Waals surface area contributed by atoms with Crippen LogP contribution in [0, 0.1) is 23.7 Å². The van der Waals surface area contributed by atoms with E-state index in [-0.39, 0.29) is 6.61 Å². The lowest BCUT2D eigenvalue weighted by molar-refractivity contribution is 0.0410. The number of aryl methyl sites for hydroxylation is 1. The number of thiophene rings is 1. The van der Waals surface area contributed by atoms with Crippen molar-refractivity contribution in [1.29, 1.82) is 5.26 Å². The molecular formula is C19H25N3O3S2. The molecular weight excluding hydrogens is 382 g/mol. The highest BCUT2D eigenvalue weighted by Gasteiger charge is 2.41. The first-order chi connectivity index (χ1) is 12.7. The summed E-state index contributed by atoms with van der Waals surface area (Å²) in [7, 11) is 0.225. The third kappa shape index (κ3) is 3.75. The normalized spacial score (nSPS) is 21.6. The van der Waals surface area contributed by atoms with Gasteiger partial charge in [-0.05, 0) is 63.0 Å². The summed E-state index contributed by atoms with van der Waals surface area (Å²) in [5.41, 5.74) is 0.781. The van der Waals surface area contributed by atoms with Crippen LogP contribution in [0.1, 0.15) is 24.0 Å². The Bertz CT molecular complexity index is 992. The average Bonchev–Trinajstić information content (AvgIpc) is 2.98. The number of rotatable bonds is 5. The lowest BCUT2D eigenvalue weighted by Gasteiger charge is -2.42. The minimum atomic E-state index is -3.65. The zero-order valence-corrected chi connectivity index (χ0v) is 17.5. The van der Waals surface area contributed by atoms with Gasteiger partial charge in [-0.25, -0.2) is 8.42 Å². The number of aliphatic hydroxyl groups excluding tert-OH is 1. The SMILES string of the molecule is Cc1c(S(=O)(=O)N2CCCC(CO)(CN(C)C)C2)sc2ccc(C#N)cc12. The second kappa shape index (κ2) is 7.49. The number of benzene rings is 1. The van der Waals surface area contributed by atoms with Crippen molar-refractivity contribution in [3.63, 3.8) is 0 Å². The zero-order valence-electron chi connectivity index (χ0n) is 15.9. The molecule has 1 N–H and O–H groups in total. The van der Waals surface area contributed by atoms with E-state index in [1.54, 1.807) is 19.1 Å². The van der Waals surface area contributed by atoms with Crippen LogP contribution in [0.5, 0.6) is 0 Å². The summed E-state index contributed by atoms with van der Waals surface area (Å²) in [5.74, 6) is 0. The molecule has 6 nitrogen and oxygen atoms in total. The van der Waals surface area contributed by atoms with Gasteiger partial charge >= 0.3 is 0 Å². The summed E-state index contributed by atoms with van der Waals surface area (Å²) in [6.07, 6.45) is 1.54. The highest BCUT2D eigenvalue weighted by molar-refractivity contribution is 7.91. The molecule has 0 bridgehead atoms. The van der Waals surface area contributed by atoms with Crippen molar-refractivity contribution in [2.75, 3.05) is 40.3 Å². The molecule has 0 amide bonds. The van der Waals surface area contributed by atoms with E-state index in [4.69, 9.17) is 5.26 Å². The summed E-state index contributed by atoms with van der Waals surface area (Å²) < 4.78 is 29.5. The summed E-state index contributed by atoms with van der Waals surface area (Å²) in [4.78, 5) is 2.00. The molecule has 1 saturated heterocycles. The molecule has 2 heterocycles. The van der Waals surface area contributed by atoms with E-state index in [9.17, 15) is 13.5 Å². The Morgan fingerprint density at radius 2 is 2.15 bits per heavy atom. The van der Waals surface area contributed by atoms with Gasteiger partial charge in [-0.2, -0.15) is 9.57 Å². The number of hydrogen-bond acceptors (Lipinski definition) is 6. The molecule has 0 radical (unpaired) electrons. The Morgan fingerprint density at radius 3 is 2.78 bits per heavy atom. The predicted octanol–water partition coefficient (Wildman–Crippen LogP) is 2.41. The van der Waals surface area contributed by atoms with Gasteiger partial charge in [0.2, 0.25) is 0 Å². The summed E-state index contributed by atoms with van der Waals surface area (Å²) in [6, 6.07) is 7.38. The van der Waals surface area contributed by atoms with E-state index < -0.39 is 15.4 Å². The Morgan fingerprint density at radius 1 is 1.41 bits per heavy atom. The molecule has 1 aromatic carbocycles. The Kier molecular flexibility index (Phi) is 5.62. The highest BCUT2D eigenvalue weighted by Crippen LogP contribution is 2.39. The molecule has 146 valence electrons. The van der Waals surface area contributed by atoms with Crippen molar-refractivity contribution in [2.45, 2.75) is 24.0 Å². The number of fused-ring (bicyclic) bond motifs is 1. The van der Waals surface area contributed by atoms with Crippen molar-refractivity contribution in [1.82, 2.24) is 9.21 Å². The van der Waals surface area contributed by atoms with Gasteiger partial charge in [0.1, 0.15) is 4.21 Å². The molecule has 1 unspecified atom stereocenters. The van der Waals surface area contributed by atoms with Crippen LogP contribution in [0.25, 0.3) is 10.1 Å². The van der Waals surface area contributed by atoms with Gasteiger partial charge in [-0.15, -0.1) is 11.3 Å². The number of sulfonamides is 1. The number of piperidine rings is 1. The first-order valence-electron chi connectivity index (χ1n) is 8.91. The van der Waals surface area contributed by atoms with Gasteiger partial charge in [-0.3, -0.25) is 0 Å². The third-order valence-corrected chi connectivity index (χ3v) is 8.92. The molecule has 1 aliphatic rings. The zero-order chi connectivity index (χ0) is 19.8. The first kappa shape index (κ1) is 20.2. The van der Waals surface area contributed by atoms with E-state index in [0.29, 0.717) is 35.0 Å². The maximum absolute atomic E-state index is 13.4. The van der Waals surface area contributed by atoms with E-state index in [0.717, 1.165) is 22.9 Å². The Hall–Kier alpha value is -1.50. The largest absolute Gasteiger partial charge is 0.396 e. The van der Waals surface area contributed by atoms with Crippen LogP contribution < -0.4 is 0 Å². The van der Waals surface area contributed by atoms with Crippen LogP contribution in [0.3, 0.4) is 0 Å². The lowest BCUT2D eigenvalue weighted by atomic mass is 9.81. The average molecular weight is 408 g/mol. The van der Waals surface area contributed by atoms with Crippen molar-refractivity contribution >= 4 is 31.4 Å². The molecule has 2 aromatic rings. The maximum Gasteiger partial charge on any atom is 0.252 e. The van der Waals surface area contributed by atoms with Crippen LogP contribution in [0.4, 0.5) is 0 Å². The minimum Gasteiger partial charge on any atom is -0.396 e. The fraction of sp³-hybridized carbons (Fsp3) is 0.526. The van der Waals surface area contributed by atoms with Gasteiger partial charge in [0, 0.05) is 29.7 Å². The van der Waals surface area contributed by atoms with Crippen molar-refractivity contribution < 1.29 is 13.5 Å². The molecule has 0 saturated carbocycles. The van der Waals surface area contributed by atoms with Crippen LogP contribution in [0.2, 0.25) is 0 Å². The topological polar surface area (TPSA) is 84.6 Å². The molecule has 8 heteroatoms. The standard InChI is InChI=1S/C19H25N3O3S2/c1-14-16-9-15(10-20)5-6-17(16)26-18(14)27(24,25)22-8-4-7-19(12-22,13-23)11-21(2)3/h5-6,9,23H,4,7-8,11-13H2,1-3H3. The van der Waals surface area contributed by atoms with Crippen molar-refractivity contribution in [2.24, 2.45) is 5.41 Å². The number of aliphatic hydroxyl groups is 1. The smallest absolute Gasteiger partial charge is 0.252 e. The van der Waals surface area contributed by atoms with Crippen molar-refractivity contribution in [3.05, 3.63) is 29.3 Å². The molecule has 0 spiro atoms. The van der Waals surface area contributed by atoms with Crippen LogP contribution in [-0.2, 0) is 10.0 Å². The highest BCUT2D eigenvalue weighted by atomic mass is 32.2. The monoisotopic (exact) mass is 407 g/mol. The van der Waals surface area contributed by atoms with Crippen LogP contribution in [0.15, 0.2) is 22.4 Å². The fourth-order valence-corrected chi connectivity index (χ4v) is 7.45. The Balaban J connectivity index is 2.00.